The second-order valence-corrected chi connectivity index (χ2v) is 5.81. The molecule has 0 spiro atoms. The number of carbonyl (C=O) groups is 1. The summed E-state index contributed by atoms with van der Waals surface area (Å²) >= 11 is 0. The molecule has 1 amide bonds. The minimum absolute atomic E-state index is 0.0732. The maximum absolute atomic E-state index is 11.7. The average Bonchev–Trinajstić information content (AvgIpc) is 2.46. The number of amides is 1. The summed E-state index contributed by atoms with van der Waals surface area (Å²) in [4.78, 5) is 15.8. The van der Waals surface area contributed by atoms with Gasteiger partial charge >= 0.3 is 0 Å². The Balaban J connectivity index is 2.21. The molecule has 6 nitrogen and oxygen atoms in total. The van der Waals surface area contributed by atoms with Gasteiger partial charge in [-0.3, -0.25) is 9.79 Å². The lowest BCUT2D eigenvalue weighted by atomic mass is 10.1. The molecule has 3 N–H and O–H groups in total. The number of benzene rings is 1. The van der Waals surface area contributed by atoms with Crippen LogP contribution in [0.3, 0.4) is 0 Å². The van der Waals surface area contributed by atoms with Gasteiger partial charge in [-0.2, -0.15) is 0 Å². The fourth-order valence-electron chi connectivity index (χ4n) is 1.70. The van der Waals surface area contributed by atoms with Gasteiger partial charge in [0.1, 0.15) is 12.4 Å². The van der Waals surface area contributed by atoms with Crippen LogP contribution in [0.2, 0.25) is 0 Å². The quantitative estimate of drug-likeness (QED) is 0.419. The maximum atomic E-state index is 11.7. The molecule has 1 aromatic carbocycles. The summed E-state index contributed by atoms with van der Waals surface area (Å²) in [5, 5.41) is 8.93. The third-order valence-corrected chi connectivity index (χ3v) is 2.56. The first kappa shape index (κ1) is 17.8. The third kappa shape index (κ3) is 8.14. The van der Waals surface area contributed by atoms with Gasteiger partial charge in [0, 0.05) is 12.6 Å². The first-order valence-corrected chi connectivity index (χ1v) is 7.34. The monoisotopic (exact) mass is 306 g/mol. The van der Waals surface area contributed by atoms with Crippen LogP contribution in [0.25, 0.3) is 0 Å². The number of nitrogens with zero attached hydrogens (tertiary/aromatic N) is 1. The Kier molecular flexibility index (Phi) is 7.22. The molecule has 6 heteroatoms. The highest BCUT2D eigenvalue weighted by Crippen LogP contribution is 2.07. The van der Waals surface area contributed by atoms with Crippen molar-refractivity contribution in [1.29, 1.82) is 0 Å². The summed E-state index contributed by atoms with van der Waals surface area (Å²) in [6.45, 7) is 7.11. The molecular weight excluding hydrogens is 280 g/mol. The number of carbonyl (C=O) groups excluding carboxylic acids is 1. The van der Waals surface area contributed by atoms with Gasteiger partial charge in [-0.25, -0.2) is 0 Å². The number of ether oxygens (including phenoxy) is 1. The Bertz CT molecular complexity index is 481. The molecule has 0 heterocycles. The van der Waals surface area contributed by atoms with Crippen LogP contribution in [0.15, 0.2) is 35.3 Å². The van der Waals surface area contributed by atoms with E-state index in [0.29, 0.717) is 19.1 Å². The average molecular weight is 306 g/mol. The van der Waals surface area contributed by atoms with Gasteiger partial charge in [0.15, 0.2) is 5.96 Å². The number of nitrogens with one attached hydrogen (secondary N) is 3. The number of hydrogen-bond donors (Lipinski definition) is 3. The fourth-order valence-corrected chi connectivity index (χ4v) is 1.70. The molecule has 0 saturated heterocycles. The van der Waals surface area contributed by atoms with E-state index >= 15 is 0 Å². The van der Waals surface area contributed by atoms with E-state index in [9.17, 15) is 4.79 Å². The molecule has 0 radical (unpaired) electrons. The van der Waals surface area contributed by atoms with Crippen molar-refractivity contribution in [3.05, 3.63) is 30.3 Å². The molecular formula is C16H26N4O2. The highest BCUT2D eigenvalue weighted by molar-refractivity contribution is 5.86. The normalized spacial score (nSPS) is 11.7. The Morgan fingerprint density at radius 3 is 2.45 bits per heavy atom. The molecule has 0 aliphatic heterocycles. The first-order chi connectivity index (χ1) is 10.4. The van der Waals surface area contributed by atoms with Crippen LogP contribution < -0.4 is 20.7 Å². The van der Waals surface area contributed by atoms with Crippen molar-refractivity contribution in [3.8, 4) is 5.75 Å². The van der Waals surface area contributed by atoms with Gasteiger partial charge in [-0.15, -0.1) is 0 Å². The molecule has 0 fully saturated rings. The second kappa shape index (κ2) is 8.92. The van der Waals surface area contributed by atoms with Crippen molar-refractivity contribution in [3.63, 3.8) is 0 Å². The van der Waals surface area contributed by atoms with E-state index in [0.717, 1.165) is 5.75 Å². The van der Waals surface area contributed by atoms with Crippen molar-refractivity contribution >= 4 is 11.9 Å². The van der Waals surface area contributed by atoms with E-state index < -0.39 is 0 Å². The molecule has 0 bridgehead atoms. The summed E-state index contributed by atoms with van der Waals surface area (Å²) in [5.74, 6) is 1.33. The van der Waals surface area contributed by atoms with E-state index in [1.807, 2.05) is 51.1 Å². The number of guanidine groups is 1. The van der Waals surface area contributed by atoms with Crippen LogP contribution in [0, 0.1) is 0 Å². The Labute approximate surface area is 132 Å². The van der Waals surface area contributed by atoms with Crippen molar-refractivity contribution in [2.45, 2.75) is 26.3 Å². The second-order valence-electron chi connectivity index (χ2n) is 5.81. The summed E-state index contributed by atoms with van der Waals surface area (Å²) in [7, 11) is 1.66. The molecule has 0 aliphatic rings. The zero-order chi connectivity index (χ0) is 16.4. The predicted molar refractivity (Wildman–Crippen MR) is 89.2 cm³/mol. The summed E-state index contributed by atoms with van der Waals surface area (Å²) in [5.41, 5.74) is -0.237. The van der Waals surface area contributed by atoms with E-state index in [4.69, 9.17) is 4.74 Å². The number of para-hydroxylation sites is 1. The SMILES string of the molecule is CN=C(NCCOc1ccccc1)NCC(=O)NC(C)(C)C. The van der Waals surface area contributed by atoms with Gasteiger partial charge in [0.2, 0.25) is 5.91 Å². The van der Waals surface area contributed by atoms with Crippen LogP contribution in [0.4, 0.5) is 0 Å². The van der Waals surface area contributed by atoms with E-state index in [2.05, 4.69) is 20.9 Å². The molecule has 0 atom stereocenters. The van der Waals surface area contributed by atoms with Crippen LogP contribution in [0.5, 0.6) is 5.75 Å². The molecule has 22 heavy (non-hydrogen) atoms. The smallest absolute Gasteiger partial charge is 0.239 e. The lowest BCUT2D eigenvalue weighted by Gasteiger charge is -2.21. The number of hydrogen-bond acceptors (Lipinski definition) is 3. The maximum Gasteiger partial charge on any atom is 0.239 e. The van der Waals surface area contributed by atoms with Gasteiger partial charge in [0.25, 0.3) is 0 Å². The fraction of sp³-hybridized carbons (Fsp3) is 0.500. The lowest BCUT2D eigenvalue weighted by Crippen LogP contribution is -2.48. The highest BCUT2D eigenvalue weighted by Gasteiger charge is 2.13. The predicted octanol–water partition coefficient (Wildman–Crippen LogP) is 1.15. The van der Waals surface area contributed by atoms with Gasteiger partial charge in [-0.05, 0) is 32.9 Å². The topological polar surface area (TPSA) is 74.8 Å². The van der Waals surface area contributed by atoms with Crippen molar-refractivity contribution in [1.82, 2.24) is 16.0 Å². The van der Waals surface area contributed by atoms with Crippen molar-refractivity contribution in [2.24, 2.45) is 4.99 Å². The molecule has 0 saturated carbocycles. The van der Waals surface area contributed by atoms with Crippen molar-refractivity contribution < 1.29 is 9.53 Å². The van der Waals surface area contributed by atoms with Gasteiger partial charge in [0.05, 0.1) is 13.1 Å². The van der Waals surface area contributed by atoms with Crippen LogP contribution in [-0.2, 0) is 4.79 Å². The van der Waals surface area contributed by atoms with Crippen molar-refractivity contribution in [2.75, 3.05) is 26.7 Å². The lowest BCUT2D eigenvalue weighted by molar-refractivity contribution is -0.121. The Morgan fingerprint density at radius 2 is 1.86 bits per heavy atom. The Hall–Kier alpha value is -2.24. The highest BCUT2D eigenvalue weighted by atomic mass is 16.5. The third-order valence-electron chi connectivity index (χ3n) is 2.56. The van der Waals surface area contributed by atoms with Crippen LogP contribution >= 0.6 is 0 Å². The van der Waals surface area contributed by atoms with Gasteiger partial charge < -0.3 is 20.7 Å². The van der Waals surface area contributed by atoms with E-state index in [-0.39, 0.29) is 18.0 Å². The summed E-state index contributed by atoms with van der Waals surface area (Å²) in [6, 6.07) is 9.61. The van der Waals surface area contributed by atoms with E-state index in [1.54, 1.807) is 7.05 Å². The van der Waals surface area contributed by atoms with Crippen LogP contribution in [0.1, 0.15) is 20.8 Å². The molecule has 0 unspecified atom stereocenters. The van der Waals surface area contributed by atoms with Gasteiger partial charge in [-0.1, -0.05) is 18.2 Å². The molecule has 0 aliphatic carbocycles. The zero-order valence-corrected chi connectivity index (χ0v) is 13.8. The number of rotatable bonds is 6. The molecule has 122 valence electrons. The van der Waals surface area contributed by atoms with E-state index in [1.165, 1.54) is 0 Å². The number of aliphatic imine (C=N–C) groups is 1. The largest absolute Gasteiger partial charge is 0.492 e. The summed E-state index contributed by atoms with van der Waals surface area (Å²) in [6.07, 6.45) is 0. The minimum atomic E-state index is -0.237. The minimum Gasteiger partial charge on any atom is -0.492 e. The molecule has 1 aromatic rings. The zero-order valence-electron chi connectivity index (χ0n) is 13.8. The molecule has 0 aromatic heterocycles. The molecule has 1 rings (SSSR count). The Morgan fingerprint density at radius 1 is 1.18 bits per heavy atom. The standard InChI is InChI=1S/C16H26N4O2/c1-16(2,3)20-14(21)12-19-15(17-4)18-10-11-22-13-8-6-5-7-9-13/h5-9H,10-12H2,1-4H3,(H,20,21)(H2,17,18,19). The first-order valence-electron chi connectivity index (χ1n) is 7.34. The van der Waals surface area contributed by atoms with Crippen LogP contribution in [-0.4, -0.2) is 44.1 Å². The summed E-state index contributed by atoms with van der Waals surface area (Å²) < 4.78 is 5.57.